The van der Waals surface area contributed by atoms with Crippen molar-refractivity contribution in [3.05, 3.63) is 34.4 Å². The van der Waals surface area contributed by atoms with Gasteiger partial charge in [-0.1, -0.05) is 24.6 Å². The molecular weight excluding hydrogens is 282 g/mol. The fraction of sp³-hybridized carbons (Fsp3) is 0.308. The molecule has 0 amide bonds. The number of hydrogen-bond acceptors (Lipinski definition) is 1. The Morgan fingerprint density at radius 2 is 2.18 bits per heavy atom. The van der Waals surface area contributed by atoms with E-state index in [4.69, 9.17) is 0 Å². The van der Waals surface area contributed by atoms with Crippen LogP contribution < -0.4 is 0 Å². The molecule has 1 saturated carbocycles. The summed E-state index contributed by atoms with van der Waals surface area (Å²) >= 11 is 3.47. The molecule has 0 radical (unpaired) electrons. The number of aromatic amines is 1. The molecule has 2 aromatic rings. The molecule has 1 aliphatic carbocycles. The second kappa shape index (κ2) is 3.60. The van der Waals surface area contributed by atoms with Crippen molar-refractivity contribution in [3.63, 3.8) is 0 Å². The lowest BCUT2D eigenvalue weighted by molar-refractivity contribution is -0.147. The molecule has 0 aliphatic heterocycles. The Kier molecular flexibility index (Phi) is 2.30. The molecule has 88 valence electrons. The molecule has 0 bridgehead atoms. The van der Waals surface area contributed by atoms with Crippen molar-refractivity contribution >= 4 is 32.8 Å². The molecule has 2 N–H and O–H groups in total. The number of aromatic nitrogens is 1. The summed E-state index contributed by atoms with van der Waals surface area (Å²) in [4.78, 5) is 14.7. The standard InChI is InChI=1S/C13H12BrNO2/c14-10-7-15-11-8(10)3-1-4-9(11)13(12(16)17)5-2-6-13/h1,3-4,7,15H,2,5-6H2,(H,16,17). The Bertz CT molecular complexity index is 598. The highest BCUT2D eigenvalue weighted by atomic mass is 79.9. The van der Waals surface area contributed by atoms with Gasteiger partial charge in [-0.05, 0) is 34.3 Å². The van der Waals surface area contributed by atoms with Crippen LogP contribution in [0, 0.1) is 0 Å². The maximum absolute atomic E-state index is 11.5. The van der Waals surface area contributed by atoms with E-state index in [1.54, 1.807) is 0 Å². The highest BCUT2D eigenvalue weighted by Crippen LogP contribution is 2.46. The van der Waals surface area contributed by atoms with Crippen LogP contribution in [0.2, 0.25) is 0 Å². The van der Waals surface area contributed by atoms with Crippen LogP contribution >= 0.6 is 15.9 Å². The number of benzene rings is 1. The van der Waals surface area contributed by atoms with Crippen LogP contribution in [0.5, 0.6) is 0 Å². The van der Waals surface area contributed by atoms with Crippen molar-refractivity contribution in [2.75, 3.05) is 0 Å². The Morgan fingerprint density at radius 3 is 2.76 bits per heavy atom. The third-order valence-electron chi connectivity index (χ3n) is 3.80. The summed E-state index contributed by atoms with van der Waals surface area (Å²) < 4.78 is 0.981. The highest BCUT2D eigenvalue weighted by molar-refractivity contribution is 9.10. The molecule has 0 spiro atoms. The van der Waals surface area contributed by atoms with Gasteiger partial charge in [-0.2, -0.15) is 0 Å². The number of halogens is 1. The third-order valence-corrected chi connectivity index (χ3v) is 4.45. The number of carboxylic acids is 1. The first-order chi connectivity index (χ1) is 8.15. The average Bonchev–Trinajstić information content (AvgIpc) is 2.59. The van der Waals surface area contributed by atoms with Gasteiger partial charge in [0, 0.05) is 16.1 Å². The van der Waals surface area contributed by atoms with E-state index < -0.39 is 11.4 Å². The molecule has 0 saturated heterocycles. The number of para-hydroxylation sites is 1. The van der Waals surface area contributed by atoms with Gasteiger partial charge in [0.15, 0.2) is 0 Å². The summed E-state index contributed by atoms with van der Waals surface area (Å²) in [6, 6.07) is 5.85. The second-order valence-electron chi connectivity index (χ2n) is 4.61. The van der Waals surface area contributed by atoms with Crippen LogP contribution in [0.3, 0.4) is 0 Å². The summed E-state index contributed by atoms with van der Waals surface area (Å²) in [5.74, 6) is -0.707. The number of fused-ring (bicyclic) bond motifs is 1. The molecule has 1 heterocycles. The zero-order valence-corrected chi connectivity index (χ0v) is 10.8. The molecule has 1 fully saturated rings. The predicted octanol–water partition coefficient (Wildman–Crippen LogP) is 3.44. The number of H-pyrrole nitrogens is 1. The zero-order chi connectivity index (χ0) is 12.0. The number of hydrogen-bond donors (Lipinski definition) is 2. The van der Waals surface area contributed by atoms with E-state index in [1.165, 1.54) is 0 Å². The first kappa shape index (κ1) is 10.8. The average molecular weight is 294 g/mol. The Labute approximate surface area is 107 Å². The SMILES string of the molecule is O=C(O)C1(c2cccc3c(Br)c[nH]c23)CCC1. The van der Waals surface area contributed by atoms with Crippen LogP contribution in [0.15, 0.2) is 28.9 Å². The van der Waals surface area contributed by atoms with Gasteiger partial charge < -0.3 is 10.1 Å². The first-order valence-corrected chi connectivity index (χ1v) is 6.44. The summed E-state index contributed by atoms with van der Waals surface area (Å²) in [6.45, 7) is 0. The van der Waals surface area contributed by atoms with E-state index in [9.17, 15) is 9.90 Å². The monoisotopic (exact) mass is 293 g/mol. The summed E-state index contributed by atoms with van der Waals surface area (Å²) in [5, 5.41) is 10.5. The number of carboxylic acid groups (broad SMARTS) is 1. The van der Waals surface area contributed by atoms with Crippen molar-refractivity contribution in [3.8, 4) is 0 Å². The van der Waals surface area contributed by atoms with Gasteiger partial charge in [-0.15, -0.1) is 0 Å². The summed E-state index contributed by atoms with van der Waals surface area (Å²) in [6.07, 6.45) is 4.32. The minimum Gasteiger partial charge on any atom is -0.481 e. The predicted molar refractivity (Wildman–Crippen MR) is 69.2 cm³/mol. The van der Waals surface area contributed by atoms with Crippen LogP contribution in [-0.4, -0.2) is 16.1 Å². The van der Waals surface area contributed by atoms with Crippen molar-refractivity contribution in [2.24, 2.45) is 0 Å². The maximum Gasteiger partial charge on any atom is 0.314 e. The van der Waals surface area contributed by atoms with Crippen LogP contribution in [-0.2, 0) is 10.2 Å². The number of nitrogens with one attached hydrogen (secondary N) is 1. The molecule has 0 unspecified atom stereocenters. The fourth-order valence-electron chi connectivity index (χ4n) is 2.65. The van der Waals surface area contributed by atoms with E-state index in [1.807, 2.05) is 24.4 Å². The lowest BCUT2D eigenvalue weighted by atomic mass is 9.64. The van der Waals surface area contributed by atoms with Gasteiger partial charge in [0.05, 0.1) is 10.9 Å². The zero-order valence-electron chi connectivity index (χ0n) is 9.16. The van der Waals surface area contributed by atoms with E-state index in [-0.39, 0.29) is 0 Å². The fourth-order valence-corrected chi connectivity index (χ4v) is 3.09. The van der Waals surface area contributed by atoms with E-state index in [2.05, 4.69) is 20.9 Å². The molecule has 1 aliphatic rings. The molecule has 1 aromatic heterocycles. The summed E-state index contributed by atoms with van der Waals surface area (Å²) in [5.41, 5.74) is 1.19. The topological polar surface area (TPSA) is 53.1 Å². The largest absolute Gasteiger partial charge is 0.481 e. The normalized spacial score (nSPS) is 17.9. The number of rotatable bonds is 2. The second-order valence-corrected chi connectivity index (χ2v) is 5.46. The van der Waals surface area contributed by atoms with Gasteiger partial charge in [-0.3, -0.25) is 4.79 Å². The molecule has 3 rings (SSSR count). The highest BCUT2D eigenvalue weighted by Gasteiger charge is 2.47. The maximum atomic E-state index is 11.5. The molecule has 17 heavy (non-hydrogen) atoms. The van der Waals surface area contributed by atoms with E-state index in [0.717, 1.165) is 40.2 Å². The Balaban J connectivity index is 2.27. The lowest BCUT2D eigenvalue weighted by Gasteiger charge is -2.38. The number of carbonyl (C=O) groups is 1. The van der Waals surface area contributed by atoms with Crippen molar-refractivity contribution in [1.29, 1.82) is 0 Å². The summed E-state index contributed by atoms with van der Waals surface area (Å²) in [7, 11) is 0. The quantitative estimate of drug-likeness (QED) is 0.891. The Hall–Kier alpha value is -1.29. The van der Waals surface area contributed by atoms with Gasteiger partial charge in [-0.25, -0.2) is 0 Å². The minimum atomic E-state index is -0.707. The van der Waals surface area contributed by atoms with Gasteiger partial charge in [0.1, 0.15) is 0 Å². The van der Waals surface area contributed by atoms with E-state index >= 15 is 0 Å². The van der Waals surface area contributed by atoms with Gasteiger partial charge >= 0.3 is 5.97 Å². The third kappa shape index (κ3) is 1.37. The minimum absolute atomic E-state index is 0.677. The first-order valence-electron chi connectivity index (χ1n) is 5.65. The van der Waals surface area contributed by atoms with Crippen molar-refractivity contribution < 1.29 is 9.90 Å². The molecule has 0 atom stereocenters. The molecular formula is C13H12BrNO2. The number of aliphatic carboxylic acids is 1. The molecule has 3 nitrogen and oxygen atoms in total. The smallest absolute Gasteiger partial charge is 0.314 e. The molecule has 4 heteroatoms. The van der Waals surface area contributed by atoms with E-state index in [0.29, 0.717) is 0 Å². The van der Waals surface area contributed by atoms with Gasteiger partial charge in [0.25, 0.3) is 0 Å². The van der Waals surface area contributed by atoms with Crippen molar-refractivity contribution in [1.82, 2.24) is 4.98 Å². The van der Waals surface area contributed by atoms with Crippen LogP contribution in [0.4, 0.5) is 0 Å². The van der Waals surface area contributed by atoms with Crippen LogP contribution in [0.1, 0.15) is 24.8 Å². The van der Waals surface area contributed by atoms with Crippen molar-refractivity contribution in [2.45, 2.75) is 24.7 Å². The van der Waals surface area contributed by atoms with Gasteiger partial charge in [0.2, 0.25) is 0 Å². The lowest BCUT2D eigenvalue weighted by Crippen LogP contribution is -2.42. The molecule has 1 aromatic carbocycles. The Morgan fingerprint density at radius 1 is 1.41 bits per heavy atom. The van der Waals surface area contributed by atoms with Crippen LogP contribution in [0.25, 0.3) is 10.9 Å².